The molecule has 0 aromatic rings. The molecule has 0 bridgehead atoms. The molecule has 0 spiro atoms. The number of aliphatic imine (C=N–C) groups is 1. The molecule has 0 aliphatic heterocycles. The number of hydrogen-bond donors (Lipinski definition) is 0. The van der Waals surface area contributed by atoms with E-state index in [-0.39, 0.29) is 0 Å². The molecular formula is C11H14ClN. The SMILES string of the molecule is C=C/C=C(/Cl)C(=C)C(C)=N/C=C\C. The largest absolute Gasteiger partial charge is 0.261 e. The standard InChI is InChI=1S/C11H14ClN/c1-5-7-11(12)9(3)10(4)13-8-6-2/h5-8H,1,3H2,2,4H3/b8-6-,11-7+,13-10?. The molecule has 0 heterocycles. The van der Waals surface area contributed by atoms with Gasteiger partial charge >= 0.3 is 0 Å². The molecule has 0 atom stereocenters. The van der Waals surface area contributed by atoms with Crippen LogP contribution in [0, 0.1) is 0 Å². The third-order valence-electron chi connectivity index (χ3n) is 1.41. The second-order valence-corrected chi connectivity index (χ2v) is 2.83. The number of hydrogen-bond acceptors (Lipinski definition) is 1. The smallest absolute Gasteiger partial charge is 0.0490 e. The lowest BCUT2D eigenvalue weighted by Gasteiger charge is -2.01. The molecule has 0 radical (unpaired) electrons. The molecule has 0 N–H and O–H groups in total. The second kappa shape index (κ2) is 6.44. The molecule has 0 rings (SSSR count). The van der Waals surface area contributed by atoms with E-state index in [9.17, 15) is 0 Å². The summed E-state index contributed by atoms with van der Waals surface area (Å²) >= 11 is 5.89. The van der Waals surface area contributed by atoms with E-state index < -0.39 is 0 Å². The molecule has 1 nitrogen and oxygen atoms in total. The van der Waals surface area contributed by atoms with E-state index in [0.29, 0.717) is 5.03 Å². The van der Waals surface area contributed by atoms with Gasteiger partial charge in [-0.15, -0.1) is 0 Å². The summed E-state index contributed by atoms with van der Waals surface area (Å²) in [5, 5.41) is 0.570. The van der Waals surface area contributed by atoms with Crippen LogP contribution >= 0.6 is 11.6 Å². The summed E-state index contributed by atoms with van der Waals surface area (Å²) in [5.74, 6) is 0. The molecule has 2 heteroatoms. The summed E-state index contributed by atoms with van der Waals surface area (Å²) in [6.07, 6.45) is 6.87. The summed E-state index contributed by atoms with van der Waals surface area (Å²) in [7, 11) is 0. The minimum Gasteiger partial charge on any atom is -0.261 e. The van der Waals surface area contributed by atoms with Gasteiger partial charge in [0.2, 0.25) is 0 Å². The maximum absolute atomic E-state index is 5.89. The molecule has 70 valence electrons. The summed E-state index contributed by atoms with van der Waals surface area (Å²) < 4.78 is 0. The van der Waals surface area contributed by atoms with Gasteiger partial charge in [0.1, 0.15) is 0 Å². The molecule has 0 aliphatic carbocycles. The highest BCUT2D eigenvalue weighted by Crippen LogP contribution is 2.14. The first-order valence-corrected chi connectivity index (χ1v) is 4.34. The molecule has 0 saturated carbocycles. The zero-order valence-corrected chi connectivity index (χ0v) is 8.80. The maximum atomic E-state index is 5.89. The lowest BCUT2D eigenvalue weighted by atomic mass is 10.2. The van der Waals surface area contributed by atoms with Gasteiger partial charge in [0.15, 0.2) is 0 Å². The monoisotopic (exact) mass is 195 g/mol. The fourth-order valence-electron chi connectivity index (χ4n) is 0.641. The van der Waals surface area contributed by atoms with E-state index in [2.05, 4.69) is 18.2 Å². The molecule has 0 aromatic carbocycles. The van der Waals surface area contributed by atoms with Crippen molar-refractivity contribution >= 4 is 17.3 Å². The Morgan fingerprint density at radius 1 is 1.46 bits per heavy atom. The van der Waals surface area contributed by atoms with Crippen LogP contribution in [0.3, 0.4) is 0 Å². The van der Waals surface area contributed by atoms with Crippen LogP contribution in [0.2, 0.25) is 0 Å². The molecule has 0 aromatic heterocycles. The fraction of sp³-hybridized carbons (Fsp3) is 0.182. The van der Waals surface area contributed by atoms with Gasteiger partial charge in [-0.25, -0.2) is 0 Å². The van der Waals surface area contributed by atoms with Crippen LogP contribution in [-0.4, -0.2) is 5.71 Å². The molecule has 0 aliphatic rings. The minimum absolute atomic E-state index is 0.570. The van der Waals surface area contributed by atoms with Crippen LogP contribution in [0.4, 0.5) is 0 Å². The Kier molecular flexibility index (Phi) is 5.90. The normalized spacial score (nSPS) is 13.5. The van der Waals surface area contributed by atoms with Crippen molar-refractivity contribution in [2.45, 2.75) is 13.8 Å². The van der Waals surface area contributed by atoms with Gasteiger partial charge in [-0.2, -0.15) is 0 Å². The van der Waals surface area contributed by atoms with Crippen molar-refractivity contribution in [2.75, 3.05) is 0 Å². The van der Waals surface area contributed by atoms with E-state index in [1.54, 1.807) is 18.4 Å². The van der Waals surface area contributed by atoms with E-state index in [0.717, 1.165) is 11.3 Å². The molecule has 0 fully saturated rings. The number of nitrogens with zero attached hydrogens (tertiary/aromatic N) is 1. The Hall–Kier alpha value is -1.08. The van der Waals surface area contributed by atoms with E-state index in [4.69, 9.17) is 11.6 Å². The first kappa shape index (κ1) is 11.9. The molecule has 0 saturated heterocycles. The van der Waals surface area contributed by atoms with Crippen molar-refractivity contribution in [1.29, 1.82) is 0 Å². The van der Waals surface area contributed by atoms with Gasteiger partial charge < -0.3 is 0 Å². The topological polar surface area (TPSA) is 12.4 Å². The number of allylic oxidation sites excluding steroid dienone is 5. The Bertz CT molecular complexity index is 282. The van der Waals surface area contributed by atoms with E-state index in [1.165, 1.54) is 0 Å². The zero-order valence-electron chi connectivity index (χ0n) is 8.05. The lowest BCUT2D eigenvalue weighted by Crippen LogP contribution is -1.94. The predicted octanol–water partition coefficient (Wildman–Crippen LogP) is 3.85. The van der Waals surface area contributed by atoms with Crippen molar-refractivity contribution in [3.63, 3.8) is 0 Å². The van der Waals surface area contributed by atoms with Gasteiger partial charge in [0, 0.05) is 22.5 Å². The summed E-state index contributed by atoms with van der Waals surface area (Å²) in [6, 6.07) is 0. The van der Waals surface area contributed by atoms with Crippen molar-refractivity contribution in [1.82, 2.24) is 0 Å². The highest BCUT2D eigenvalue weighted by Gasteiger charge is 2.00. The van der Waals surface area contributed by atoms with Crippen LogP contribution in [-0.2, 0) is 0 Å². The Balaban J connectivity index is 4.60. The molecular weight excluding hydrogens is 182 g/mol. The first-order chi connectivity index (χ1) is 6.13. The summed E-state index contributed by atoms with van der Waals surface area (Å²) in [4.78, 5) is 4.12. The molecule has 0 unspecified atom stereocenters. The lowest BCUT2D eigenvalue weighted by molar-refractivity contribution is 1.48. The highest BCUT2D eigenvalue weighted by atomic mass is 35.5. The van der Waals surface area contributed by atoms with Crippen LogP contribution in [0.5, 0.6) is 0 Å². The van der Waals surface area contributed by atoms with Gasteiger partial charge in [-0.05, 0) is 19.9 Å². The second-order valence-electron chi connectivity index (χ2n) is 2.43. The van der Waals surface area contributed by atoms with Crippen molar-refractivity contribution in [3.8, 4) is 0 Å². The van der Waals surface area contributed by atoms with Gasteiger partial charge in [0.25, 0.3) is 0 Å². The zero-order chi connectivity index (χ0) is 10.3. The van der Waals surface area contributed by atoms with Crippen molar-refractivity contribution in [2.24, 2.45) is 4.99 Å². The van der Waals surface area contributed by atoms with Gasteiger partial charge in [-0.1, -0.05) is 36.9 Å². The average molecular weight is 196 g/mol. The van der Waals surface area contributed by atoms with Gasteiger partial charge in [-0.3, -0.25) is 4.99 Å². The minimum atomic E-state index is 0.570. The third-order valence-corrected chi connectivity index (χ3v) is 1.76. The predicted molar refractivity (Wildman–Crippen MR) is 61.2 cm³/mol. The highest BCUT2D eigenvalue weighted by molar-refractivity contribution is 6.35. The summed E-state index contributed by atoms with van der Waals surface area (Å²) in [6.45, 7) is 11.1. The number of rotatable bonds is 4. The maximum Gasteiger partial charge on any atom is 0.0490 e. The van der Waals surface area contributed by atoms with Crippen molar-refractivity contribution in [3.05, 3.63) is 48.2 Å². The Morgan fingerprint density at radius 3 is 2.54 bits per heavy atom. The van der Waals surface area contributed by atoms with E-state index in [1.807, 2.05) is 19.9 Å². The third kappa shape index (κ3) is 4.48. The fourth-order valence-corrected chi connectivity index (χ4v) is 0.867. The van der Waals surface area contributed by atoms with Crippen LogP contribution in [0.15, 0.2) is 53.2 Å². The van der Waals surface area contributed by atoms with Gasteiger partial charge in [0.05, 0.1) is 0 Å². The van der Waals surface area contributed by atoms with Crippen LogP contribution in [0.1, 0.15) is 13.8 Å². The summed E-state index contributed by atoms with van der Waals surface area (Å²) in [5.41, 5.74) is 1.53. The molecule has 13 heavy (non-hydrogen) atoms. The van der Waals surface area contributed by atoms with Crippen LogP contribution < -0.4 is 0 Å². The Labute approximate surface area is 84.8 Å². The average Bonchev–Trinajstić information content (AvgIpc) is 2.13. The van der Waals surface area contributed by atoms with E-state index >= 15 is 0 Å². The van der Waals surface area contributed by atoms with Crippen LogP contribution in [0.25, 0.3) is 0 Å². The molecule has 0 amide bonds. The first-order valence-electron chi connectivity index (χ1n) is 3.97. The number of halogens is 1. The quantitative estimate of drug-likeness (QED) is 0.478. The van der Waals surface area contributed by atoms with Crippen molar-refractivity contribution < 1.29 is 0 Å². The Morgan fingerprint density at radius 2 is 2.08 bits per heavy atom.